The molecule has 100 valence electrons. The van der Waals surface area contributed by atoms with Crippen molar-refractivity contribution < 1.29 is 14.9 Å². The van der Waals surface area contributed by atoms with E-state index in [1.165, 1.54) is 38.5 Å². The van der Waals surface area contributed by atoms with Crippen LogP contribution in [0.15, 0.2) is 12.3 Å². The molecule has 0 aromatic carbocycles. The third-order valence-electron chi connectivity index (χ3n) is 5.93. The number of hydrogen-bond donors (Lipinski definition) is 2. The van der Waals surface area contributed by atoms with Gasteiger partial charge in [0.25, 0.3) is 0 Å². The molecule has 3 nitrogen and oxygen atoms in total. The molecule has 3 atom stereocenters. The van der Waals surface area contributed by atoms with Crippen LogP contribution in [0.1, 0.15) is 38.5 Å². The Morgan fingerprint density at radius 3 is 1.89 bits per heavy atom. The largest absolute Gasteiger partial charge is 0.489 e. The third kappa shape index (κ3) is 1.38. The Kier molecular flexibility index (Phi) is 2.21. The highest BCUT2D eigenvalue weighted by molar-refractivity contribution is 5.14. The lowest BCUT2D eigenvalue weighted by Gasteiger charge is -2.58. The molecular formula is C15H22O3. The van der Waals surface area contributed by atoms with Gasteiger partial charge in [0, 0.05) is 5.41 Å². The molecule has 18 heavy (non-hydrogen) atoms. The van der Waals surface area contributed by atoms with Crippen molar-refractivity contribution >= 4 is 0 Å². The highest BCUT2D eigenvalue weighted by Gasteiger charge is 2.59. The van der Waals surface area contributed by atoms with Gasteiger partial charge in [-0.15, -0.1) is 0 Å². The fourth-order valence-corrected chi connectivity index (χ4v) is 5.67. The molecule has 0 aromatic heterocycles. The fraction of sp³-hybridized carbons (Fsp3) is 0.867. The zero-order valence-electron chi connectivity index (χ0n) is 10.7. The molecule has 5 rings (SSSR count). The highest BCUT2D eigenvalue weighted by Crippen LogP contribution is 2.63. The van der Waals surface area contributed by atoms with Gasteiger partial charge < -0.3 is 14.9 Å². The van der Waals surface area contributed by atoms with Gasteiger partial charge >= 0.3 is 0 Å². The van der Waals surface area contributed by atoms with Gasteiger partial charge in [0.2, 0.25) is 0 Å². The molecule has 0 unspecified atom stereocenters. The zero-order chi connectivity index (χ0) is 12.5. The Hall–Kier alpha value is -0.540. The first-order chi connectivity index (χ1) is 8.57. The topological polar surface area (TPSA) is 49.7 Å². The van der Waals surface area contributed by atoms with Crippen LogP contribution in [0.25, 0.3) is 0 Å². The number of aliphatic hydroxyl groups excluding tert-OH is 2. The van der Waals surface area contributed by atoms with Gasteiger partial charge in [-0.1, -0.05) is 6.58 Å². The van der Waals surface area contributed by atoms with Crippen molar-refractivity contribution in [2.45, 2.75) is 56.8 Å². The lowest BCUT2D eigenvalue weighted by Crippen LogP contribution is -2.54. The SMILES string of the molecule is C=C1O[C@@H](C23CC4CC(CC(C4)C2)C3)[C@H](O)[C@@H]1O. The summed E-state index contributed by atoms with van der Waals surface area (Å²) in [6, 6.07) is 0. The van der Waals surface area contributed by atoms with Crippen LogP contribution < -0.4 is 0 Å². The van der Waals surface area contributed by atoms with E-state index in [0.717, 1.165) is 17.8 Å². The van der Waals surface area contributed by atoms with Crippen LogP contribution in [0, 0.1) is 23.2 Å². The Bertz CT molecular complexity index is 354. The molecule has 3 heteroatoms. The van der Waals surface area contributed by atoms with Gasteiger partial charge in [-0.05, 0) is 56.3 Å². The number of hydrogen-bond acceptors (Lipinski definition) is 3. The summed E-state index contributed by atoms with van der Waals surface area (Å²) in [5, 5.41) is 20.1. The molecule has 4 aliphatic carbocycles. The molecule has 1 heterocycles. The van der Waals surface area contributed by atoms with Crippen LogP contribution in [0.5, 0.6) is 0 Å². The molecule has 1 saturated heterocycles. The maximum atomic E-state index is 10.3. The summed E-state index contributed by atoms with van der Waals surface area (Å²) in [6.07, 6.45) is 5.82. The van der Waals surface area contributed by atoms with Crippen molar-refractivity contribution in [2.24, 2.45) is 23.2 Å². The average Bonchev–Trinajstić information content (AvgIpc) is 2.56. The summed E-state index contributed by atoms with van der Waals surface area (Å²) in [5.74, 6) is 2.86. The monoisotopic (exact) mass is 250 g/mol. The van der Waals surface area contributed by atoms with Gasteiger partial charge in [-0.3, -0.25) is 0 Å². The standard InChI is InChI=1S/C15H22O3/c1-8-12(16)13(17)14(18-8)15-5-9-2-10(6-15)4-11(3-9)7-15/h9-14,16-17H,1-7H2/t9?,10?,11?,12-,13-,14-,15?/m1/s1. The van der Waals surface area contributed by atoms with Crippen molar-refractivity contribution in [1.29, 1.82) is 0 Å². The summed E-state index contributed by atoms with van der Waals surface area (Å²) >= 11 is 0. The van der Waals surface area contributed by atoms with Gasteiger partial charge in [-0.25, -0.2) is 0 Å². The van der Waals surface area contributed by atoms with Crippen LogP contribution in [0.2, 0.25) is 0 Å². The van der Waals surface area contributed by atoms with Gasteiger partial charge in [0.15, 0.2) is 0 Å². The Morgan fingerprint density at radius 1 is 1.00 bits per heavy atom. The molecule has 0 radical (unpaired) electrons. The lowest BCUT2D eigenvalue weighted by molar-refractivity contribution is -0.143. The first kappa shape index (κ1) is 11.3. The normalized spacial score (nSPS) is 58.0. The van der Waals surface area contributed by atoms with Crippen LogP contribution >= 0.6 is 0 Å². The van der Waals surface area contributed by atoms with E-state index in [-0.39, 0.29) is 11.5 Å². The number of ether oxygens (including phenoxy) is 1. The first-order valence-electron chi connectivity index (χ1n) is 7.29. The van der Waals surface area contributed by atoms with E-state index in [4.69, 9.17) is 4.74 Å². The van der Waals surface area contributed by atoms with E-state index in [1.807, 2.05) is 0 Å². The minimum absolute atomic E-state index is 0.120. The van der Waals surface area contributed by atoms with Crippen molar-refractivity contribution in [3.63, 3.8) is 0 Å². The van der Waals surface area contributed by atoms with Gasteiger partial charge in [0.05, 0.1) is 0 Å². The minimum atomic E-state index is -0.886. The molecular weight excluding hydrogens is 228 g/mol. The van der Waals surface area contributed by atoms with Crippen molar-refractivity contribution in [1.82, 2.24) is 0 Å². The van der Waals surface area contributed by atoms with E-state index < -0.39 is 12.2 Å². The predicted molar refractivity (Wildman–Crippen MR) is 66.6 cm³/mol. The summed E-state index contributed by atoms with van der Waals surface area (Å²) in [4.78, 5) is 0. The third-order valence-corrected chi connectivity index (χ3v) is 5.93. The molecule has 2 N–H and O–H groups in total. The summed E-state index contributed by atoms with van der Waals surface area (Å²) in [5.41, 5.74) is 0.120. The molecule has 4 bridgehead atoms. The smallest absolute Gasteiger partial charge is 0.140 e. The van der Waals surface area contributed by atoms with Crippen LogP contribution in [0.3, 0.4) is 0 Å². The van der Waals surface area contributed by atoms with Crippen molar-refractivity contribution in [3.05, 3.63) is 12.3 Å². The Balaban J connectivity index is 1.66. The van der Waals surface area contributed by atoms with Crippen LogP contribution in [-0.4, -0.2) is 28.5 Å². The van der Waals surface area contributed by atoms with Gasteiger partial charge in [-0.2, -0.15) is 0 Å². The molecule has 0 aromatic rings. The highest BCUT2D eigenvalue weighted by atomic mass is 16.5. The van der Waals surface area contributed by atoms with E-state index >= 15 is 0 Å². The zero-order valence-corrected chi connectivity index (χ0v) is 10.7. The Labute approximate surface area is 108 Å². The summed E-state index contributed by atoms with van der Waals surface area (Å²) in [7, 11) is 0. The van der Waals surface area contributed by atoms with E-state index in [9.17, 15) is 10.2 Å². The second-order valence-electron chi connectivity index (χ2n) is 7.22. The number of aliphatic hydroxyl groups is 2. The quantitative estimate of drug-likeness (QED) is 0.746. The fourth-order valence-electron chi connectivity index (χ4n) is 5.67. The molecule has 1 aliphatic heterocycles. The van der Waals surface area contributed by atoms with E-state index in [2.05, 4.69) is 6.58 Å². The van der Waals surface area contributed by atoms with Crippen LogP contribution in [-0.2, 0) is 4.74 Å². The molecule has 5 aliphatic rings. The molecule has 0 amide bonds. The molecule has 4 saturated carbocycles. The summed E-state index contributed by atoms with van der Waals surface area (Å²) in [6.45, 7) is 3.73. The van der Waals surface area contributed by atoms with E-state index in [0.29, 0.717) is 5.76 Å². The van der Waals surface area contributed by atoms with Crippen LogP contribution in [0.4, 0.5) is 0 Å². The minimum Gasteiger partial charge on any atom is -0.489 e. The Morgan fingerprint density at radius 2 is 1.50 bits per heavy atom. The van der Waals surface area contributed by atoms with Crippen molar-refractivity contribution in [3.8, 4) is 0 Å². The second-order valence-corrected chi connectivity index (χ2v) is 7.22. The maximum absolute atomic E-state index is 10.3. The average molecular weight is 250 g/mol. The van der Waals surface area contributed by atoms with Gasteiger partial charge in [0.1, 0.15) is 24.1 Å². The lowest BCUT2D eigenvalue weighted by atomic mass is 9.48. The van der Waals surface area contributed by atoms with Crippen molar-refractivity contribution in [2.75, 3.05) is 0 Å². The summed E-state index contributed by atoms with van der Waals surface area (Å²) < 4.78 is 5.78. The van der Waals surface area contributed by atoms with E-state index in [1.54, 1.807) is 0 Å². The number of rotatable bonds is 1. The predicted octanol–water partition coefficient (Wildman–Crippen LogP) is 1.84. The first-order valence-corrected chi connectivity index (χ1v) is 7.29. The second kappa shape index (κ2) is 3.51. The molecule has 0 spiro atoms. The molecule has 5 fully saturated rings. The maximum Gasteiger partial charge on any atom is 0.140 e.